The van der Waals surface area contributed by atoms with Crippen molar-refractivity contribution in [1.29, 1.82) is 0 Å². The Morgan fingerprint density at radius 1 is 1.38 bits per heavy atom. The molecule has 0 radical (unpaired) electrons. The van der Waals surface area contributed by atoms with Gasteiger partial charge in [0.1, 0.15) is 0 Å². The number of hydrogen-bond acceptors (Lipinski definition) is 3. The molecule has 5 heteroatoms. The molecule has 16 heavy (non-hydrogen) atoms. The van der Waals surface area contributed by atoms with E-state index in [1.165, 1.54) is 6.07 Å². The van der Waals surface area contributed by atoms with Crippen LogP contribution in [0.3, 0.4) is 0 Å². The number of rotatable bonds is 4. The van der Waals surface area contributed by atoms with E-state index >= 15 is 0 Å². The number of anilines is 1. The van der Waals surface area contributed by atoms with Gasteiger partial charge in [-0.05, 0) is 31.0 Å². The lowest BCUT2D eigenvalue weighted by Crippen LogP contribution is -2.23. The average molecular weight is 239 g/mol. The number of carbonyl (C=O) groups excluding carboxylic acids is 1. The van der Waals surface area contributed by atoms with Crippen molar-refractivity contribution in [2.75, 3.05) is 11.2 Å². The minimum Gasteiger partial charge on any atom is -0.312 e. The zero-order valence-corrected chi connectivity index (χ0v) is 9.78. The van der Waals surface area contributed by atoms with Gasteiger partial charge in [0, 0.05) is 18.0 Å². The van der Waals surface area contributed by atoms with Crippen molar-refractivity contribution in [3.8, 4) is 0 Å². The average Bonchev–Trinajstić information content (AvgIpc) is 3.02. The van der Waals surface area contributed by atoms with E-state index < -0.39 is 9.84 Å². The molecule has 0 aliphatic heterocycles. The van der Waals surface area contributed by atoms with Gasteiger partial charge < -0.3 is 4.90 Å². The summed E-state index contributed by atoms with van der Waals surface area (Å²) < 4.78 is 22.7. The number of benzene rings is 1. The molecule has 0 saturated heterocycles. The SMILES string of the molecule is CS(=O)(=O)c1cccc(N(C=O)C2CC2)c1. The summed E-state index contributed by atoms with van der Waals surface area (Å²) in [6.45, 7) is 0. The highest BCUT2D eigenvalue weighted by Crippen LogP contribution is 2.31. The van der Waals surface area contributed by atoms with Crippen molar-refractivity contribution in [3.63, 3.8) is 0 Å². The number of carbonyl (C=O) groups is 1. The molecule has 0 atom stereocenters. The maximum Gasteiger partial charge on any atom is 0.214 e. The molecule has 2 rings (SSSR count). The van der Waals surface area contributed by atoms with Crippen LogP contribution in [0.4, 0.5) is 5.69 Å². The van der Waals surface area contributed by atoms with Crippen molar-refractivity contribution >= 4 is 21.9 Å². The van der Waals surface area contributed by atoms with E-state index in [0.29, 0.717) is 5.69 Å². The van der Waals surface area contributed by atoms with Crippen LogP contribution in [0.1, 0.15) is 12.8 Å². The van der Waals surface area contributed by atoms with Gasteiger partial charge in [0.05, 0.1) is 4.90 Å². The predicted octanol–water partition coefficient (Wildman–Crippen LogP) is 1.22. The van der Waals surface area contributed by atoms with E-state index in [2.05, 4.69) is 0 Å². The van der Waals surface area contributed by atoms with Crippen LogP contribution in [0.25, 0.3) is 0 Å². The van der Waals surface area contributed by atoms with Crippen LogP contribution in [0, 0.1) is 0 Å². The Labute approximate surface area is 94.8 Å². The molecule has 1 aromatic rings. The first-order chi connectivity index (χ1) is 7.52. The summed E-state index contributed by atoms with van der Waals surface area (Å²) in [6.07, 6.45) is 3.90. The second-order valence-corrected chi connectivity index (χ2v) is 6.03. The van der Waals surface area contributed by atoms with Crippen molar-refractivity contribution in [2.24, 2.45) is 0 Å². The molecule has 0 N–H and O–H groups in total. The Hall–Kier alpha value is -1.36. The summed E-state index contributed by atoms with van der Waals surface area (Å²) in [5.74, 6) is 0. The topological polar surface area (TPSA) is 54.5 Å². The summed E-state index contributed by atoms with van der Waals surface area (Å²) in [7, 11) is -3.21. The molecule has 1 saturated carbocycles. The number of hydrogen-bond donors (Lipinski definition) is 0. The quantitative estimate of drug-likeness (QED) is 0.742. The van der Waals surface area contributed by atoms with Gasteiger partial charge in [-0.15, -0.1) is 0 Å². The second kappa shape index (κ2) is 3.90. The number of sulfone groups is 1. The summed E-state index contributed by atoms with van der Waals surface area (Å²) in [4.78, 5) is 12.8. The second-order valence-electron chi connectivity index (χ2n) is 4.01. The Kier molecular flexibility index (Phi) is 2.71. The van der Waals surface area contributed by atoms with Crippen molar-refractivity contribution in [1.82, 2.24) is 0 Å². The highest BCUT2D eigenvalue weighted by molar-refractivity contribution is 7.90. The lowest BCUT2D eigenvalue weighted by molar-refractivity contribution is -0.107. The van der Waals surface area contributed by atoms with E-state index in [4.69, 9.17) is 0 Å². The summed E-state index contributed by atoms with van der Waals surface area (Å²) >= 11 is 0. The first-order valence-electron chi connectivity index (χ1n) is 5.06. The first-order valence-corrected chi connectivity index (χ1v) is 6.95. The van der Waals surface area contributed by atoms with E-state index in [1.54, 1.807) is 23.1 Å². The van der Waals surface area contributed by atoms with Gasteiger partial charge in [-0.1, -0.05) is 6.07 Å². The fourth-order valence-corrected chi connectivity index (χ4v) is 2.25. The Morgan fingerprint density at radius 3 is 2.56 bits per heavy atom. The highest BCUT2D eigenvalue weighted by Gasteiger charge is 2.29. The van der Waals surface area contributed by atoms with Gasteiger partial charge in [0.25, 0.3) is 0 Å². The molecule has 1 aliphatic rings. The molecular weight excluding hydrogens is 226 g/mol. The third-order valence-corrected chi connectivity index (χ3v) is 3.71. The molecule has 0 heterocycles. The Morgan fingerprint density at radius 2 is 2.06 bits per heavy atom. The van der Waals surface area contributed by atoms with Crippen LogP contribution in [0.5, 0.6) is 0 Å². The van der Waals surface area contributed by atoms with E-state index in [-0.39, 0.29) is 10.9 Å². The molecule has 4 nitrogen and oxygen atoms in total. The Balaban J connectivity index is 2.38. The molecule has 0 aromatic heterocycles. The van der Waals surface area contributed by atoms with Crippen LogP contribution in [-0.2, 0) is 14.6 Å². The molecule has 86 valence electrons. The van der Waals surface area contributed by atoms with Crippen molar-refractivity contribution in [3.05, 3.63) is 24.3 Å². The van der Waals surface area contributed by atoms with Crippen LogP contribution in [0.2, 0.25) is 0 Å². The fourth-order valence-electron chi connectivity index (χ4n) is 1.59. The van der Waals surface area contributed by atoms with E-state index in [1.807, 2.05) is 0 Å². The lowest BCUT2D eigenvalue weighted by Gasteiger charge is -2.16. The van der Waals surface area contributed by atoms with Crippen LogP contribution < -0.4 is 4.90 Å². The van der Waals surface area contributed by atoms with E-state index in [9.17, 15) is 13.2 Å². The highest BCUT2D eigenvalue weighted by atomic mass is 32.2. The summed E-state index contributed by atoms with van der Waals surface area (Å²) in [5, 5.41) is 0. The maximum atomic E-state index is 11.4. The lowest BCUT2D eigenvalue weighted by atomic mass is 10.3. The third-order valence-electron chi connectivity index (χ3n) is 2.60. The molecular formula is C11H13NO3S. The zero-order chi connectivity index (χ0) is 11.8. The number of nitrogens with zero attached hydrogens (tertiary/aromatic N) is 1. The first kappa shape index (κ1) is 11.1. The Bertz CT molecular complexity index is 506. The fraction of sp³-hybridized carbons (Fsp3) is 0.364. The zero-order valence-electron chi connectivity index (χ0n) is 8.96. The molecule has 1 aromatic carbocycles. The van der Waals surface area contributed by atoms with Crippen LogP contribution >= 0.6 is 0 Å². The number of amides is 1. The van der Waals surface area contributed by atoms with Crippen molar-refractivity contribution in [2.45, 2.75) is 23.8 Å². The third kappa shape index (κ3) is 2.24. The van der Waals surface area contributed by atoms with Gasteiger partial charge in [-0.25, -0.2) is 8.42 Å². The normalized spacial score (nSPS) is 15.8. The van der Waals surface area contributed by atoms with Crippen LogP contribution in [-0.4, -0.2) is 27.1 Å². The minimum atomic E-state index is -3.21. The molecule has 1 aliphatic carbocycles. The van der Waals surface area contributed by atoms with Crippen molar-refractivity contribution < 1.29 is 13.2 Å². The van der Waals surface area contributed by atoms with Gasteiger partial charge in [-0.2, -0.15) is 0 Å². The smallest absolute Gasteiger partial charge is 0.214 e. The van der Waals surface area contributed by atoms with Gasteiger partial charge >= 0.3 is 0 Å². The molecule has 0 bridgehead atoms. The summed E-state index contributed by atoms with van der Waals surface area (Å²) in [6, 6.07) is 6.73. The molecule has 1 fully saturated rings. The molecule has 0 unspecified atom stereocenters. The molecule has 0 spiro atoms. The van der Waals surface area contributed by atoms with E-state index in [0.717, 1.165) is 25.5 Å². The predicted molar refractivity (Wildman–Crippen MR) is 61.1 cm³/mol. The van der Waals surface area contributed by atoms with Gasteiger partial charge in [-0.3, -0.25) is 4.79 Å². The van der Waals surface area contributed by atoms with Crippen LogP contribution in [0.15, 0.2) is 29.2 Å². The van der Waals surface area contributed by atoms with Gasteiger partial charge in [0.2, 0.25) is 6.41 Å². The standard InChI is InChI=1S/C11H13NO3S/c1-16(14,15)11-4-2-3-10(7-11)12(8-13)9-5-6-9/h2-4,7-9H,5-6H2,1H3. The molecule has 1 amide bonds. The summed E-state index contributed by atoms with van der Waals surface area (Å²) in [5.41, 5.74) is 0.653. The monoisotopic (exact) mass is 239 g/mol. The maximum absolute atomic E-state index is 11.4. The largest absolute Gasteiger partial charge is 0.312 e. The minimum absolute atomic E-state index is 0.243. The van der Waals surface area contributed by atoms with Gasteiger partial charge in [0.15, 0.2) is 9.84 Å².